The number of likely N-dealkylation sites (tertiary alicyclic amines) is 1. The minimum atomic E-state index is -0.680. The number of Topliss-reactive ketones (excluding diaryl/α,β-unsaturated/α-hetero) is 1. The zero-order chi connectivity index (χ0) is 23.8. The van der Waals surface area contributed by atoms with Crippen LogP contribution in [-0.2, 0) is 25.6 Å². The van der Waals surface area contributed by atoms with Crippen LogP contribution in [0.2, 0.25) is 0 Å². The van der Waals surface area contributed by atoms with Crippen LogP contribution >= 0.6 is 0 Å². The highest BCUT2D eigenvalue weighted by Crippen LogP contribution is 2.39. The Kier molecular flexibility index (Phi) is 7.57. The van der Waals surface area contributed by atoms with Gasteiger partial charge >= 0.3 is 6.15 Å². The van der Waals surface area contributed by atoms with Gasteiger partial charge in [0.25, 0.3) is 11.7 Å². The van der Waals surface area contributed by atoms with E-state index >= 15 is 0 Å². The van der Waals surface area contributed by atoms with Crippen LogP contribution in [0, 0.1) is 6.92 Å². The Bertz CT molecular complexity index is 1190. The lowest BCUT2D eigenvalue weighted by Gasteiger charge is -2.25. The van der Waals surface area contributed by atoms with E-state index in [1.54, 1.807) is 24.5 Å². The Morgan fingerprint density at radius 1 is 1.00 bits per heavy atom. The molecule has 2 aromatic heterocycles. The minimum Gasteiger partial charge on any atom is -0.507 e. The van der Waals surface area contributed by atoms with Crippen LogP contribution in [0.5, 0.6) is 0 Å². The Labute approximate surface area is 190 Å². The van der Waals surface area contributed by atoms with Crippen LogP contribution < -0.4 is 0 Å². The van der Waals surface area contributed by atoms with Crippen LogP contribution in [0.3, 0.4) is 0 Å². The van der Waals surface area contributed by atoms with Crippen molar-refractivity contribution in [2.45, 2.75) is 19.4 Å². The first-order valence-corrected chi connectivity index (χ1v) is 10.1. The lowest BCUT2D eigenvalue weighted by Crippen LogP contribution is -2.31. The summed E-state index contributed by atoms with van der Waals surface area (Å²) in [6.07, 6.45) is 7.31. The molecule has 166 valence electrons. The molecule has 3 aromatic rings. The number of carbonyl (C=O) groups excluding carboxylic acids is 4. The van der Waals surface area contributed by atoms with Gasteiger partial charge in [-0.25, -0.2) is 0 Å². The van der Waals surface area contributed by atoms with Crippen LogP contribution in [0.4, 0.5) is 0 Å². The van der Waals surface area contributed by atoms with Gasteiger partial charge in [0.1, 0.15) is 5.76 Å². The second kappa shape index (κ2) is 10.7. The van der Waals surface area contributed by atoms with Crippen molar-refractivity contribution in [3.8, 4) is 0 Å². The first kappa shape index (κ1) is 23.2. The summed E-state index contributed by atoms with van der Waals surface area (Å²) in [7, 11) is 0. The Hall–Kier alpha value is -4.42. The third kappa shape index (κ3) is 5.26. The summed E-state index contributed by atoms with van der Waals surface area (Å²) in [6.45, 7) is 2.31. The average molecular weight is 443 g/mol. The molecule has 0 saturated carbocycles. The minimum absolute atomic E-state index is 0.0984. The zero-order valence-corrected chi connectivity index (χ0v) is 17.8. The van der Waals surface area contributed by atoms with E-state index in [1.165, 1.54) is 17.3 Å². The van der Waals surface area contributed by atoms with Gasteiger partial charge in [-0.2, -0.15) is 9.59 Å². The number of nitrogens with zero attached hydrogens (tertiary/aromatic N) is 3. The number of aliphatic hydroxyl groups is 1. The van der Waals surface area contributed by atoms with Crippen molar-refractivity contribution >= 4 is 23.6 Å². The molecule has 1 aliphatic heterocycles. The van der Waals surface area contributed by atoms with E-state index in [4.69, 9.17) is 9.59 Å². The van der Waals surface area contributed by atoms with Crippen LogP contribution in [0.15, 0.2) is 78.9 Å². The summed E-state index contributed by atoms with van der Waals surface area (Å²) in [5, 5.41) is 10.9. The normalized spacial score (nSPS) is 16.6. The third-order valence-corrected chi connectivity index (χ3v) is 5.25. The number of hydrogen-bond donors (Lipinski definition) is 1. The van der Waals surface area contributed by atoms with Crippen molar-refractivity contribution in [2.75, 3.05) is 6.54 Å². The van der Waals surface area contributed by atoms with Crippen molar-refractivity contribution in [3.05, 3.63) is 101 Å². The maximum Gasteiger partial charge on any atom is 0.373 e. The number of ketones is 1. The van der Waals surface area contributed by atoms with Crippen molar-refractivity contribution < 1.29 is 24.3 Å². The fourth-order valence-electron chi connectivity index (χ4n) is 3.67. The van der Waals surface area contributed by atoms with Gasteiger partial charge in [-0.15, -0.1) is 0 Å². The number of pyridine rings is 2. The number of carbonyl (C=O) groups is 2. The topological polar surface area (TPSA) is 118 Å². The van der Waals surface area contributed by atoms with Gasteiger partial charge in [0, 0.05) is 36.9 Å². The molecule has 33 heavy (non-hydrogen) atoms. The van der Waals surface area contributed by atoms with Gasteiger partial charge in [0.2, 0.25) is 0 Å². The summed E-state index contributed by atoms with van der Waals surface area (Å²) in [6, 6.07) is 14.0. The molecular weight excluding hydrogens is 422 g/mol. The molecule has 1 atom stereocenters. The van der Waals surface area contributed by atoms with E-state index < -0.39 is 17.7 Å². The van der Waals surface area contributed by atoms with E-state index in [-0.39, 0.29) is 17.5 Å². The molecule has 1 saturated heterocycles. The monoisotopic (exact) mass is 443 g/mol. The van der Waals surface area contributed by atoms with Crippen molar-refractivity contribution in [3.63, 3.8) is 0 Å². The van der Waals surface area contributed by atoms with E-state index in [2.05, 4.69) is 9.97 Å². The number of aromatic nitrogens is 2. The molecule has 0 aliphatic carbocycles. The zero-order valence-electron chi connectivity index (χ0n) is 17.8. The molecule has 3 heterocycles. The molecule has 1 fully saturated rings. The Morgan fingerprint density at radius 2 is 1.67 bits per heavy atom. The van der Waals surface area contributed by atoms with Gasteiger partial charge in [0.05, 0.1) is 11.6 Å². The Balaban J connectivity index is 0.000000968. The van der Waals surface area contributed by atoms with E-state index in [9.17, 15) is 14.7 Å². The van der Waals surface area contributed by atoms with Crippen molar-refractivity contribution in [1.82, 2.24) is 14.9 Å². The molecule has 4 rings (SSSR count). The van der Waals surface area contributed by atoms with E-state index in [0.717, 1.165) is 16.7 Å². The van der Waals surface area contributed by atoms with Gasteiger partial charge in [-0.3, -0.25) is 19.6 Å². The highest BCUT2D eigenvalue weighted by molar-refractivity contribution is 6.46. The summed E-state index contributed by atoms with van der Waals surface area (Å²) in [5.74, 6) is -1.48. The molecule has 0 spiro atoms. The van der Waals surface area contributed by atoms with Crippen molar-refractivity contribution in [2.24, 2.45) is 0 Å². The highest BCUT2D eigenvalue weighted by atomic mass is 16.3. The van der Waals surface area contributed by atoms with E-state index in [0.29, 0.717) is 18.5 Å². The van der Waals surface area contributed by atoms with E-state index in [1.807, 2.05) is 43.3 Å². The molecule has 1 aliphatic rings. The molecular formula is C25H21N3O5. The maximum absolute atomic E-state index is 13.0. The number of aryl methyl sites for hydroxylation is 1. The molecule has 0 radical (unpaired) electrons. The molecule has 1 amide bonds. The number of amides is 1. The summed E-state index contributed by atoms with van der Waals surface area (Å²) < 4.78 is 0. The fraction of sp³-hybridized carbons (Fsp3) is 0.160. The van der Waals surface area contributed by atoms with Crippen LogP contribution in [0.1, 0.15) is 28.3 Å². The number of benzene rings is 1. The summed E-state index contributed by atoms with van der Waals surface area (Å²) >= 11 is 0. The molecule has 8 heteroatoms. The maximum atomic E-state index is 13.0. The quantitative estimate of drug-likeness (QED) is 0.366. The SMILES string of the molecule is Cc1ccc(C2C(=C(O)c3ccncc3)C(=O)C(=O)N2CCc2cccnc2)cc1.O=C=O. The van der Waals surface area contributed by atoms with Crippen LogP contribution in [-0.4, -0.2) is 44.4 Å². The molecule has 1 unspecified atom stereocenters. The third-order valence-electron chi connectivity index (χ3n) is 5.25. The summed E-state index contributed by atoms with van der Waals surface area (Å²) in [4.78, 5) is 51.7. The van der Waals surface area contributed by atoms with Crippen LogP contribution in [0.25, 0.3) is 5.76 Å². The molecule has 1 aromatic carbocycles. The number of aliphatic hydroxyl groups excluding tert-OH is 1. The smallest absolute Gasteiger partial charge is 0.373 e. The standard InChI is InChI=1S/C24H21N3O3.CO2/c1-16-4-6-18(7-5-16)21-20(22(28)19-8-12-25-13-9-19)23(29)24(30)27(21)14-10-17-3-2-11-26-15-17;2-1-3/h2-9,11-13,15,21,28H,10,14H2,1H3;. The number of rotatable bonds is 5. The van der Waals surface area contributed by atoms with Gasteiger partial charge in [-0.1, -0.05) is 35.9 Å². The molecule has 1 N–H and O–H groups in total. The first-order valence-electron chi connectivity index (χ1n) is 10.1. The van der Waals surface area contributed by atoms with Gasteiger partial charge in [-0.05, 0) is 42.7 Å². The summed E-state index contributed by atoms with van der Waals surface area (Å²) in [5.41, 5.74) is 3.37. The Morgan fingerprint density at radius 3 is 2.27 bits per heavy atom. The highest BCUT2D eigenvalue weighted by Gasteiger charge is 2.45. The second-order valence-corrected chi connectivity index (χ2v) is 7.33. The van der Waals surface area contributed by atoms with Crippen molar-refractivity contribution in [1.29, 1.82) is 0 Å². The van der Waals surface area contributed by atoms with Gasteiger partial charge < -0.3 is 10.0 Å². The lowest BCUT2D eigenvalue weighted by atomic mass is 9.95. The fourth-order valence-corrected chi connectivity index (χ4v) is 3.67. The van der Waals surface area contributed by atoms with Gasteiger partial charge in [0.15, 0.2) is 0 Å². The largest absolute Gasteiger partial charge is 0.507 e. The average Bonchev–Trinajstić information content (AvgIpc) is 3.09. The predicted octanol–water partition coefficient (Wildman–Crippen LogP) is 2.87. The second-order valence-electron chi connectivity index (χ2n) is 7.33. The predicted molar refractivity (Wildman–Crippen MR) is 117 cm³/mol. The number of hydrogen-bond acceptors (Lipinski definition) is 7. The molecule has 0 bridgehead atoms. The first-order chi connectivity index (χ1) is 16.0. The molecule has 8 nitrogen and oxygen atoms in total. The lowest BCUT2D eigenvalue weighted by molar-refractivity contribution is -0.191.